The van der Waals surface area contributed by atoms with Gasteiger partial charge in [-0.3, -0.25) is 4.90 Å². The summed E-state index contributed by atoms with van der Waals surface area (Å²) < 4.78 is 5.96. The third-order valence-electron chi connectivity index (χ3n) is 4.63. The fourth-order valence-corrected chi connectivity index (χ4v) is 3.12. The fourth-order valence-electron chi connectivity index (χ4n) is 3.12. The third-order valence-corrected chi connectivity index (χ3v) is 4.63. The second-order valence-electron chi connectivity index (χ2n) is 6.56. The predicted molar refractivity (Wildman–Crippen MR) is 67.5 cm³/mol. The van der Waals surface area contributed by atoms with Gasteiger partial charge in [0.1, 0.15) is 0 Å². The van der Waals surface area contributed by atoms with Gasteiger partial charge in [0.05, 0.1) is 13.2 Å². The van der Waals surface area contributed by atoms with Crippen molar-refractivity contribution < 1.29 is 4.74 Å². The summed E-state index contributed by atoms with van der Waals surface area (Å²) >= 11 is 0. The topological polar surface area (TPSA) is 12.5 Å². The standard InChI is InChI=1S/C14H27NO/c1-10(2)13-7-16-9-14(6-12(14)5)8-15(13)11(3)4/h10-13H,6-9H2,1-5H3. The maximum absolute atomic E-state index is 5.96. The van der Waals surface area contributed by atoms with E-state index in [1.165, 1.54) is 13.0 Å². The molecule has 1 heterocycles. The van der Waals surface area contributed by atoms with Crippen molar-refractivity contribution in [2.75, 3.05) is 19.8 Å². The van der Waals surface area contributed by atoms with E-state index in [2.05, 4.69) is 39.5 Å². The summed E-state index contributed by atoms with van der Waals surface area (Å²) in [6.45, 7) is 14.8. The molecule has 0 aromatic rings. The van der Waals surface area contributed by atoms with Gasteiger partial charge >= 0.3 is 0 Å². The van der Waals surface area contributed by atoms with Crippen LogP contribution in [0.15, 0.2) is 0 Å². The zero-order chi connectivity index (χ0) is 11.9. The molecular weight excluding hydrogens is 198 g/mol. The Hall–Kier alpha value is -0.0800. The van der Waals surface area contributed by atoms with Crippen molar-refractivity contribution in [3.63, 3.8) is 0 Å². The summed E-state index contributed by atoms with van der Waals surface area (Å²) in [4.78, 5) is 2.68. The highest BCUT2D eigenvalue weighted by molar-refractivity contribution is 5.04. The normalized spacial score (nSPS) is 40.7. The number of hydrogen-bond acceptors (Lipinski definition) is 2. The fraction of sp³-hybridized carbons (Fsp3) is 1.00. The van der Waals surface area contributed by atoms with E-state index < -0.39 is 0 Å². The molecule has 0 radical (unpaired) electrons. The first-order chi connectivity index (χ1) is 7.46. The van der Waals surface area contributed by atoms with E-state index in [0.29, 0.717) is 23.4 Å². The highest BCUT2D eigenvalue weighted by atomic mass is 16.5. The minimum absolute atomic E-state index is 0.494. The van der Waals surface area contributed by atoms with Crippen LogP contribution in [0, 0.1) is 17.3 Å². The first-order valence-corrected chi connectivity index (χ1v) is 6.80. The van der Waals surface area contributed by atoms with Gasteiger partial charge in [-0.25, -0.2) is 0 Å². The van der Waals surface area contributed by atoms with Crippen LogP contribution in [0.1, 0.15) is 41.0 Å². The molecule has 2 nitrogen and oxygen atoms in total. The van der Waals surface area contributed by atoms with E-state index >= 15 is 0 Å². The van der Waals surface area contributed by atoms with Gasteiger partial charge in [0.25, 0.3) is 0 Å². The van der Waals surface area contributed by atoms with Crippen LogP contribution in [0.5, 0.6) is 0 Å². The average Bonchev–Trinajstić information content (AvgIpc) is 2.86. The molecule has 3 atom stereocenters. The SMILES string of the molecule is CC(C)C1COCC2(CC2C)CN1C(C)C. The molecule has 1 aliphatic carbocycles. The molecule has 94 valence electrons. The van der Waals surface area contributed by atoms with Crippen LogP contribution in [0.2, 0.25) is 0 Å². The third kappa shape index (κ3) is 2.14. The lowest BCUT2D eigenvalue weighted by molar-refractivity contribution is 0.0617. The Labute approximate surface area is 100 Å². The summed E-state index contributed by atoms with van der Waals surface area (Å²) in [6.07, 6.45) is 1.36. The first-order valence-electron chi connectivity index (χ1n) is 6.80. The molecule has 1 spiro atoms. The predicted octanol–water partition coefficient (Wildman–Crippen LogP) is 2.78. The molecule has 0 bridgehead atoms. The molecule has 2 aliphatic rings. The van der Waals surface area contributed by atoms with Crippen LogP contribution in [-0.4, -0.2) is 36.7 Å². The Bertz CT molecular complexity index is 251. The van der Waals surface area contributed by atoms with Gasteiger partial charge in [0, 0.05) is 24.0 Å². The lowest BCUT2D eigenvalue weighted by atomic mass is 9.99. The Morgan fingerprint density at radius 2 is 1.88 bits per heavy atom. The highest BCUT2D eigenvalue weighted by Crippen LogP contribution is 2.54. The molecule has 1 saturated heterocycles. The van der Waals surface area contributed by atoms with Crippen molar-refractivity contribution in [2.24, 2.45) is 17.3 Å². The van der Waals surface area contributed by atoms with Crippen LogP contribution in [0.4, 0.5) is 0 Å². The minimum atomic E-state index is 0.494. The maximum Gasteiger partial charge on any atom is 0.0624 e. The molecule has 1 aliphatic heterocycles. The summed E-state index contributed by atoms with van der Waals surface area (Å²) in [7, 11) is 0. The van der Waals surface area contributed by atoms with Crippen LogP contribution in [-0.2, 0) is 4.74 Å². The number of rotatable bonds is 2. The van der Waals surface area contributed by atoms with Crippen molar-refractivity contribution in [2.45, 2.75) is 53.1 Å². The summed E-state index contributed by atoms with van der Waals surface area (Å²) in [5, 5.41) is 0. The average molecular weight is 225 g/mol. The minimum Gasteiger partial charge on any atom is -0.379 e. The van der Waals surface area contributed by atoms with Crippen LogP contribution < -0.4 is 0 Å². The van der Waals surface area contributed by atoms with Crippen LogP contribution in [0.25, 0.3) is 0 Å². The molecule has 1 saturated carbocycles. The number of hydrogen-bond donors (Lipinski definition) is 0. The van der Waals surface area contributed by atoms with E-state index in [0.717, 1.165) is 19.1 Å². The monoisotopic (exact) mass is 225 g/mol. The molecular formula is C14H27NO. The lowest BCUT2D eigenvalue weighted by Gasteiger charge is -2.36. The van der Waals surface area contributed by atoms with E-state index in [1.807, 2.05) is 0 Å². The maximum atomic E-state index is 5.96. The molecule has 0 aromatic heterocycles. The molecule has 0 aromatic carbocycles. The van der Waals surface area contributed by atoms with E-state index in [-0.39, 0.29) is 0 Å². The first kappa shape index (κ1) is 12.4. The van der Waals surface area contributed by atoms with Crippen molar-refractivity contribution in [1.29, 1.82) is 0 Å². The van der Waals surface area contributed by atoms with Crippen molar-refractivity contribution in [3.8, 4) is 0 Å². The summed E-state index contributed by atoms with van der Waals surface area (Å²) in [5.41, 5.74) is 0.494. The summed E-state index contributed by atoms with van der Waals surface area (Å²) in [6, 6.07) is 1.24. The van der Waals surface area contributed by atoms with Crippen molar-refractivity contribution in [1.82, 2.24) is 4.90 Å². The number of nitrogens with zero attached hydrogens (tertiary/aromatic N) is 1. The second-order valence-corrected chi connectivity index (χ2v) is 6.56. The van der Waals surface area contributed by atoms with Crippen LogP contribution >= 0.6 is 0 Å². The Morgan fingerprint density at radius 3 is 2.31 bits per heavy atom. The Balaban J connectivity index is 2.12. The molecule has 16 heavy (non-hydrogen) atoms. The molecule has 2 fully saturated rings. The van der Waals surface area contributed by atoms with Gasteiger partial charge in [0.15, 0.2) is 0 Å². The second kappa shape index (κ2) is 4.30. The van der Waals surface area contributed by atoms with Crippen molar-refractivity contribution in [3.05, 3.63) is 0 Å². The van der Waals surface area contributed by atoms with Crippen molar-refractivity contribution >= 4 is 0 Å². The largest absolute Gasteiger partial charge is 0.379 e. The zero-order valence-corrected chi connectivity index (χ0v) is 11.5. The van der Waals surface area contributed by atoms with Crippen LogP contribution in [0.3, 0.4) is 0 Å². The van der Waals surface area contributed by atoms with Gasteiger partial charge in [-0.2, -0.15) is 0 Å². The molecule has 0 amide bonds. The Morgan fingerprint density at radius 1 is 1.25 bits per heavy atom. The highest BCUT2D eigenvalue weighted by Gasteiger charge is 2.54. The van der Waals surface area contributed by atoms with Gasteiger partial charge in [-0.05, 0) is 32.1 Å². The molecule has 2 heteroatoms. The smallest absolute Gasteiger partial charge is 0.0624 e. The van der Waals surface area contributed by atoms with Gasteiger partial charge < -0.3 is 4.74 Å². The van der Waals surface area contributed by atoms with E-state index in [1.54, 1.807) is 0 Å². The quantitative estimate of drug-likeness (QED) is 0.716. The van der Waals surface area contributed by atoms with E-state index in [4.69, 9.17) is 4.74 Å². The van der Waals surface area contributed by atoms with Gasteiger partial charge in [-0.15, -0.1) is 0 Å². The summed E-state index contributed by atoms with van der Waals surface area (Å²) in [5.74, 6) is 1.55. The molecule has 3 unspecified atom stereocenters. The Kier molecular flexibility index (Phi) is 3.33. The zero-order valence-electron chi connectivity index (χ0n) is 11.5. The van der Waals surface area contributed by atoms with Gasteiger partial charge in [0.2, 0.25) is 0 Å². The molecule has 2 rings (SSSR count). The lowest BCUT2D eigenvalue weighted by Crippen LogP contribution is -2.46. The molecule has 0 N–H and O–H groups in total. The van der Waals surface area contributed by atoms with Gasteiger partial charge in [-0.1, -0.05) is 20.8 Å². The van der Waals surface area contributed by atoms with E-state index in [9.17, 15) is 0 Å². The number of ether oxygens (including phenoxy) is 1.